The summed E-state index contributed by atoms with van der Waals surface area (Å²) < 4.78 is 0. The highest BCUT2D eigenvalue weighted by molar-refractivity contribution is 5.59. The number of hydrogen-bond donors (Lipinski definition) is 2. The number of aliphatic hydroxyl groups excluding tert-OH is 1. The molecule has 0 fully saturated rings. The van der Waals surface area contributed by atoms with Crippen molar-refractivity contribution < 1.29 is 5.11 Å². The van der Waals surface area contributed by atoms with Gasteiger partial charge in [-0.25, -0.2) is 4.98 Å². The largest absolute Gasteiger partial charge is 0.388 e. The number of pyridine rings is 1. The zero-order chi connectivity index (χ0) is 13.0. The van der Waals surface area contributed by atoms with Gasteiger partial charge in [0.2, 0.25) is 0 Å². The second-order valence-electron chi connectivity index (χ2n) is 4.35. The van der Waals surface area contributed by atoms with Crippen LogP contribution in [0.5, 0.6) is 0 Å². The highest BCUT2D eigenvalue weighted by Gasteiger charge is 2.08. The smallest absolute Gasteiger partial charge is 0.133 e. The molecule has 0 aliphatic carbocycles. The summed E-state index contributed by atoms with van der Waals surface area (Å²) in [4.78, 5) is 4.37. The second-order valence-corrected chi connectivity index (χ2v) is 4.35. The van der Waals surface area contributed by atoms with E-state index in [0.29, 0.717) is 6.42 Å². The van der Waals surface area contributed by atoms with Gasteiger partial charge in [0, 0.05) is 11.9 Å². The summed E-state index contributed by atoms with van der Waals surface area (Å²) in [5, 5.41) is 13.0. The van der Waals surface area contributed by atoms with Crippen molar-refractivity contribution in [1.82, 2.24) is 4.98 Å². The molecule has 3 heteroatoms. The normalized spacial score (nSPS) is 12.2. The number of nitrogens with one attached hydrogen (secondary N) is 1. The van der Waals surface area contributed by atoms with Crippen molar-refractivity contribution in [3.05, 3.63) is 53.7 Å². The molecule has 1 heterocycles. The van der Waals surface area contributed by atoms with Crippen molar-refractivity contribution >= 4 is 11.5 Å². The van der Waals surface area contributed by atoms with Gasteiger partial charge >= 0.3 is 0 Å². The zero-order valence-corrected chi connectivity index (χ0v) is 10.7. The van der Waals surface area contributed by atoms with Crippen LogP contribution in [0.2, 0.25) is 0 Å². The fourth-order valence-electron chi connectivity index (χ4n) is 1.80. The predicted octanol–water partition coefficient (Wildman–Crippen LogP) is 3.58. The molecule has 94 valence electrons. The van der Waals surface area contributed by atoms with Crippen LogP contribution >= 0.6 is 0 Å². The Kier molecular flexibility index (Phi) is 3.95. The fourth-order valence-corrected chi connectivity index (χ4v) is 1.80. The van der Waals surface area contributed by atoms with Gasteiger partial charge in [0.05, 0.1) is 6.10 Å². The average molecular weight is 242 g/mol. The van der Waals surface area contributed by atoms with Crippen molar-refractivity contribution in [3.63, 3.8) is 0 Å². The Balaban J connectivity index is 2.20. The summed E-state index contributed by atoms with van der Waals surface area (Å²) in [6.07, 6.45) is 2.00. The summed E-state index contributed by atoms with van der Waals surface area (Å²) in [7, 11) is 0. The molecular formula is C15H18N2O. The van der Waals surface area contributed by atoms with Gasteiger partial charge in [-0.3, -0.25) is 0 Å². The van der Waals surface area contributed by atoms with E-state index in [0.717, 1.165) is 22.6 Å². The van der Waals surface area contributed by atoms with Crippen molar-refractivity contribution in [2.45, 2.75) is 26.4 Å². The molecule has 0 aliphatic heterocycles. The summed E-state index contributed by atoms with van der Waals surface area (Å²) in [6.45, 7) is 3.94. The molecule has 0 amide bonds. The molecule has 0 saturated heterocycles. The lowest BCUT2D eigenvalue weighted by Gasteiger charge is -2.12. The predicted molar refractivity (Wildman–Crippen MR) is 73.9 cm³/mol. The second kappa shape index (κ2) is 5.65. The lowest BCUT2D eigenvalue weighted by molar-refractivity contribution is 0.173. The lowest BCUT2D eigenvalue weighted by Crippen LogP contribution is -2.01. The third-order valence-electron chi connectivity index (χ3n) is 2.91. The third kappa shape index (κ3) is 2.87. The Morgan fingerprint density at radius 1 is 1.28 bits per heavy atom. The SMILES string of the molecule is CC[C@H](O)c1cnc(Nc2ccccc2)c(C)c1. The van der Waals surface area contributed by atoms with Crippen molar-refractivity contribution in [2.75, 3.05) is 5.32 Å². The van der Waals surface area contributed by atoms with Gasteiger partial charge in [0.1, 0.15) is 5.82 Å². The number of aromatic nitrogens is 1. The van der Waals surface area contributed by atoms with Gasteiger partial charge in [-0.2, -0.15) is 0 Å². The van der Waals surface area contributed by atoms with E-state index in [2.05, 4.69) is 10.3 Å². The van der Waals surface area contributed by atoms with Gasteiger partial charge < -0.3 is 10.4 Å². The van der Waals surface area contributed by atoms with Crippen LogP contribution in [0.1, 0.15) is 30.6 Å². The number of aliphatic hydroxyl groups is 1. The fraction of sp³-hybridized carbons (Fsp3) is 0.267. The minimum absolute atomic E-state index is 0.429. The number of benzene rings is 1. The first-order valence-electron chi connectivity index (χ1n) is 6.17. The van der Waals surface area contributed by atoms with Gasteiger partial charge in [-0.1, -0.05) is 25.1 Å². The van der Waals surface area contributed by atoms with Crippen LogP contribution in [-0.2, 0) is 0 Å². The Bertz CT molecular complexity index is 511. The van der Waals surface area contributed by atoms with E-state index in [4.69, 9.17) is 0 Å². The Morgan fingerprint density at radius 2 is 2.00 bits per heavy atom. The molecule has 1 aromatic heterocycles. The minimum atomic E-state index is -0.429. The molecule has 0 unspecified atom stereocenters. The van der Waals surface area contributed by atoms with Crippen LogP contribution in [0.25, 0.3) is 0 Å². The van der Waals surface area contributed by atoms with Crippen LogP contribution < -0.4 is 5.32 Å². The summed E-state index contributed by atoms with van der Waals surface area (Å²) >= 11 is 0. The molecule has 3 nitrogen and oxygen atoms in total. The Hall–Kier alpha value is -1.87. The number of para-hydroxylation sites is 1. The molecule has 0 spiro atoms. The van der Waals surface area contributed by atoms with Crippen LogP contribution in [-0.4, -0.2) is 10.1 Å². The highest BCUT2D eigenvalue weighted by atomic mass is 16.3. The first kappa shape index (κ1) is 12.6. The van der Waals surface area contributed by atoms with Crippen LogP contribution in [0.4, 0.5) is 11.5 Å². The van der Waals surface area contributed by atoms with Crippen molar-refractivity contribution in [3.8, 4) is 0 Å². The maximum atomic E-state index is 9.77. The van der Waals surface area contributed by atoms with E-state index in [9.17, 15) is 5.11 Å². The molecule has 1 aromatic carbocycles. The molecule has 2 N–H and O–H groups in total. The molecule has 2 aromatic rings. The number of hydrogen-bond acceptors (Lipinski definition) is 3. The first-order valence-corrected chi connectivity index (χ1v) is 6.17. The maximum absolute atomic E-state index is 9.77. The summed E-state index contributed by atoms with van der Waals surface area (Å²) in [6, 6.07) is 11.9. The van der Waals surface area contributed by atoms with E-state index in [1.54, 1.807) is 6.20 Å². The number of nitrogens with zero attached hydrogens (tertiary/aromatic N) is 1. The quantitative estimate of drug-likeness (QED) is 0.861. The van der Waals surface area contributed by atoms with E-state index >= 15 is 0 Å². The van der Waals surface area contributed by atoms with E-state index in [1.807, 2.05) is 50.2 Å². The third-order valence-corrected chi connectivity index (χ3v) is 2.91. The van der Waals surface area contributed by atoms with E-state index in [-0.39, 0.29) is 0 Å². The Morgan fingerprint density at radius 3 is 2.61 bits per heavy atom. The van der Waals surface area contributed by atoms with Gasteiger partial charge in [0.25, 0.3) is 0 Å². The monoisotopic (exact) mass is 242 g/mol. The van der Waals surface area contributed by atoms with Crippen LogP contribution in [0.15, 0.2) is 42.6 Å². The average Bonchev–Trinajstić information content (AvgIpc) is 2.41. The molecule has 1 atom stereocenters. The van der Waals surface area contributed by atoms with Gasteiger partial charge in [-0.05, 0) is 42.7 Å². The van der Waals surface area contributed by atoms with Crippen LogP contribution in [0, 0.1) is 6.92 Å². The molecule has 18 heavy (non-hydrogen) atoms. The zero-order valence-electron chi connectivity index (χ0n) is 10.7. The highest BCUT2D eigenvalue weighted by Crippen LogP contribution is 2.22. The molecule has 0 aliphatic rings. The van der Waals surface area contributed by atoms with Crippen molar-refractivity contribution in [1.29, 1.82) is 0 Å². The number of rotatable bonds is 4. The van der Waals surface area contributed by atoms with E-state index < -0.39 is 6.10 Å². The lowest BCUT2D eigenvalue weighted by atomic mass is 10.1. The summed E-state index contributed by atoms with van der Waals surface area (Å²) in [5.41, 5.74) is 2.91. The van der Waals surface area contributed by atoms with Crippen molar-refractivity contribution in [2.24, 2.45) is 0 Å². The molecule has 2 rings (SSSR count). The maximum Gasteiger partial charge on any atom is 0.133 e. The van der Waals surface area contributed by atoms with E-state index in [1.165, 1.54) is 0 Å². The number of anilines is 2. The van der Waals surface area contributed by atoms with Gasteiger partial charge in [-0.15, -0.1) is 0 Å². The van der Waals surface area contributed by atoms with Gasteiger partial charge in [0.15, 0.2) is 0 Å². The number of aryl methyl sites for hydroxylation is 1. The summed E-state index contributed by atoms with van der Waals surface area (Å²) in [5.74, 6) is 0.827. The first-order chi connectivity index (χ1) is 8.70. The van der Waals surface area contributed by atoms with Crippen LogP contribution in [0.3, 0.4) is 0 Å². The molecular weight excluding hydrogens is 224 g/mol. The minimum Gasteiger partial charge on any atom is -0.388 e. The Labute approximate surface area is 108 Å². The standard InChI is InChI=1S/C15H18N2O/c1-3-14(18)12-9-11(2)15(16-10-12)17-13-7-5-4-6-8-13/h4-10,14,18H,3H2,1-2H3,(H,16,17)/t14-/m0/s1. The molecule has 0 saturated carbocycles. The topological polar surface area (TPSA) is 45.2 Å². The molecule has 0 radical (unpaired) electrons. The molecule has 0 bridgehead atoms.